The zero-order chi connectivity index (χ0) is 10.4. The van der Waals surface area contributed by atoms with Crippen LogP contribution in [0.5, 0.6) is 5.75 Å². The number of ether oxygens (including phenoxy) is 1. The minimum Gasteiger partial charge on any atom is -0.493 e. The molecular weight excluding hydrogens is 174 g/mol. The van der Waals surface area contributed by atoms with Crippen molar-refractivity contribution in [2.24, 2.45) is 5.73 Å². The van der Waals surface area contributed by atoms with Crippen LogP contribution in [0.4, 0.5) is 0 Å². The molecule has 2 N–H and O–H groups in total. The normalized spacial score (nSPS) is 12.5. The zero-order valence-electron chi connectivity index (χ0n) is 8.92. The fourth-order valence-corrected chi connectivity index (χ4v) is 1.24. The molecule has 77 valence electrons. The lowest BCUT2D eigenvalue weighted by Crippen LogP contribution is -2.08. The summed E-state index contributed by atoms with van der Waals surface area (Å²) in [6.07, 6.45) is 2.23. The molecule has 0 spiro atoms. The second-order valence-electron chi connectivity index (χ2n) is 3.45. The third-order valence-corrected chi connectivity index (χ3v) is 2.10. The Morgan fingerprint density at radius 3 is 3.00 bits per heavy atom. The van der Waals surface area contributed by atoms with Gasteiger partial charge < -0.3 is 10.5 Å². The number of benzene rings is 1. The predicted octanol–water partition coefficient (Wildman–Crippen LogP) is 2.69. The molecule has 1 aromatic rings. The summed E-state index contributed by atoms with van der Waals surface area (Å²) in [6, 6.07) is 8.69. The van der Waals surface area contributed by atoms with Gasteiger partial charge in [0, 0.05) is 11.6 Å². The van der Waals surface area contributed by atoms with Crippen LogP contribution in [0.1, 0.15) is 38.3 Å². The van der Waals surface area contributed by atoms with Gasteiger partial charge in [-0.2, -0.15) is 0 Å². The van der Waals surface area contributed by atoms with E-state index in [1.165, 1.54) is 0 Å². The molecule has 0 aliphatic carbocycles. The van der Waals surface area contributed by atoms with Crippen molar-refractivity contribution < 1.29 is 4.74 Å². The van der Waals surface area contributed by atoms with Gasteiger partial charge in [-0.15, -0.1) is 0 Å². The van der Waals surface area contributed by atoms with Crippen molar-refractivity contribution in [3.8, 4) is 5.75 Å². The Kier molecular flexibility index (Phi) is 4.47. The first kappa shape index (κ1) is 11.1. The molecule has 0 amide bonds. The minimum atomic E-state index is 0.00377. The number of hydrogen-bond acceptors (Lipinski definition) is 2. The molecule has 14 heavy (non-hydrogen) atoms. The van der Waals surface area contributed by atoms with Crippen molar-refractivity contribution in [3.05, 3.63) is 29.8 Å². The highest BCUT2D eigenvalue weighted by Crippen LogP contribution is 2.22. The summed E-state index contributed by atoms with van der Waals surface area (Å²) in [6.45, 7) is 4.87. The van der Waals surface area contributed by atoms with Gasteiger partial charge in [0.15, 0.2) is 0 Å². The summed E-state index contributed by atoms with van der Waals surface area (Å²) in [5, 5.41) is 0. The summed E-state index contributed by atoms with van der Waals surface area (Å²) in [4.78, 5) is 0. The van der Waals surface area contributed by atoms with Crippen LogP contribution in [0, 0.1) is 6.07 Å². The highest BCUT2D eigenvalue weighted by molar-refractivity contribution is 5.34. The number of rotatable bonds is 5. The van der Waals surface area contributed by atoms with Crippen molar-refractivity contribution in [2.75, 3.05) is 6.61 Å². The third kappa shape index (κ3) is 3.04. The number of hydrogen-bond donors (Lipinski definition) is 1. The quantitative estimate of drug-likeness (QED) is 0.728. The van der Waals surface area contributed by atoms with Crippen molar-refractivity contribution in [3.63, 3.8) is 0 Å². The van der Waals surface area contributed by atoms with Crippen molar-refractivity contribution >= 4 is 0 Å². The maximum atomic E-state index is 5.82. The van der Waals surface area contributed by atoms with Crippen molar-refractivity contribution in [1.82, 2.24) is 0 Å². The molecule has 0 bridgehead atoms. The summed E-state index contributed by atoms with van der Waals surface area (Å²) in [7, 11) is 0. The monoisotopic (exact) mass is 192 g/mol. The molecule has 1 aromatic carbocycles. The van der Waals surface area contributed by atoms with Gasteiger partial charge in [-0.3, -0.25) is 0 Å². The first-order chi connectivity index (χ1) is 6.75. The highest BCUT2D eigenvalue weighted by Gasteiger charge is 2.06. The Bertz CT molecular complexity index is 271. The molecule has 1 radical (unpaired) electrons. The Balaban J connectivity index is 2.64. The van der Waals surface area contributed by atoms with Gasteiger partial charge in [-0.25, -0.2) is 0 Å². The van der Waals surface area contributed by atoms with Gasteiger partial charge >= 0.3 is 0 Å². The van der Waals surface area contributed by atoms with Gasteiger partial charge in [0.05, 0.1) is 6.61 Å². The molecule has 0 aliphatic rings. The second kappa shape index (κ2) is 5.66. The van der Waals surface area contributed by atoms with Gasteiger partial charge in [0.25, 0.3) is 0 Å². The molecule has 0 aliphatic heterocycles. The van der Waals surface area contributed by atoms with Gasteiger partial charge in [0.1, 0.15) is 5.75 Å². The average Bonchev–Trinajstić information content (AvgIpc) is 2.19. The molecule has 0 aromatic heterocycles. The average molecular weight is 192 g/mol. The van der Waals surface area contributed by atoms with E-state index < -0.39 is 0 Å². The number of nitrogens with two attached hydrogens (primary N) is 1. The molecule has 0 saturated carbocycles. The Labute approximate surface area is 86.1 Å². The van der Waals surface area contributed by atoms with Crippen LogP contribution in [-0.2, 0) is 0 Å². The molecule has 2 nitrogen and oxygen atoms in total. The predicted molar refractivity (Wildman–Crippen MR) is 58.3 cm³/mol. The summed E-state index contributed by atoms with van der Waals surface area (Å²) in [5.41, 5.74) is 6.85. The van der Waals surface area contributed by atoms with E-state index in [1.54, 1.807) is 0 Å². The van der Waals surface area contributed by atoms with Gasteiger partial charge in [-0.1, -0.05) is 19.4 Å². The molecule has 0 heterocycles. The minimum absolute atomic E-state index is 0.00377. The van der Waals surface area contributed by atoms with E-state index >= 15 is 0 Å². The zero-order valence-corrected chi connectivity index (χ0v) is 8.92. The fourth-order valence-electron chi connectivity index (χ4n) is 1.24. The molecule has 1 unspecified atom stereocenters. The van der Waals surface area contributed by atoms with Crippen LogP contribution in [0.25, 0.3) is 0 Å². The van der Waals surface area contributed by atoms with E-state index in [1.807, 2.05) is 25.1 Å². The molecule has 0 fully saturated rings. The summed E-state index contributed by atoms with van der Waals surface area (Å²) >= 11 is 0. The number of unbranched alkanes of at least 4 members (excludes halogenated alkanes) is 1. The smallest absolute Gasteiger partial charge is 0.124 e. The molecular formula is C12H18NO. The van der Waals surface area contributed by atoms with E-state index in [9.17, 15) is 0 Å². The van der Waals surface area contributed by atoms with Gasteiger partial charge in [-0.05, 0) is 31.5 Å². The van der Waals surface area contributed by atoms with Crippen LogP contribution in [0.3, 0.4) is 0 Å². The largest absolute Gasteiger partial charge is 0.493 e. The summed E-state index contributed by atoms with van der Waals surface area (Å²) in [5.74, 6) is 0.896. The lowest BCUT2D eigenvalue weighted by Gasteiger charge is -2.13. The van der Waals surface area contributed by atoms with E-state index in [2.05, 4.69) is 13.0 Å². The summed E-state index contributed by atoms with van der Waals surface area (Å²) < 4.78 is 5.64. The van der Waals surface area contributed by atoms with E-state index in [0.29, 0.717) is 0 Å². The maximum Gasteiger partial charge on any atom is 0.124 e. The third-order valence-electron chi connectivity index (χ3n) is 2.10. The Hall–Kier alpha value is -1.02. The van der Waals surface area contributed by atoms with Gasteiger partial charge in [0.2, 0.25) is 0 Å². The fraction of sp³-hybridized carbons (Fsp3) is 0.500. The Morgan fingerprint density at radius 2 is 2.36 bits per heavy atom. The molecule has 0 saturated heterocycles. The topological polar surface area (TPSA) is 35.2 Å². The van der Waals surface area contributed by atoms with Crippen LogP contribution in [0.2, 0.25) is 0 Å². The first-order valence-electron chi connectivity index (χ1n) is 5.14. The van der Waals surface area contributed by atoms with Crippen molar-refractivity contribution in [2.45, 2.75) is 32.7 Å². The van der Waals surface area contributed by atoms with Crippen molar-refractivity contribution in [1.29, 1.82) is 0 Å². The second-order valence-corrected chi connectivity index (χ2v) is 3.45. The first-order valence-corrected chi connectivity index (χ1v) is 5.14. The van der Waals surface area contributed by atoms with Crippen LogP contribution in [-0.4, -0.2) is 6.61 Å². The molecule has 1 rings (SSSR count). The van der Waals surface area contributed by atoms with E-state index in [-0.39, 0.29) is 6.04 Å². The highest BCUT2D eigenvalue weighted by atomic mass is 16.5. The van der Waals surface area contributed by atoms with E-state index in [0.717, 1.165) is 30.8 Å². The van der Waals surface area contributed by atoms with E-state index in [4.69, 9.17) is 10.5 Å². The molecule has 1 atom stereocenters. The standard InChI is InChI=1S/C12H18NO/c1-3-4-9-14-12-8-6-5-7-11(12)10(2)13/h6-8,10H,3-4,9,13H2,1-2H3. The maximum absolute atomic E-state index is 5.82. The SMILES string of the molecule is CCCCOc1cc[c]cc1C(C)N. The van der Waals surface area contributed by atoms with Crippen LogP contribution >= 0.6 is 0 Å². The van der Waals surface area contributed by atoms with Crippen LogP contribution < -0.4 is 10.5 Å². The lowest BCUT2D eigenvalue weighted by molar-refractivity contribution is 0.305. The molecule has 2 heteroatoms. The lowest BCUT2D eigenvalue weighted by atomic mass is 10.1. The van der Waals surface area contributed by atoms with Crippen LogP contribution in [0.15, 0.2) is 18.2 Å². The Morgan fingerprint density at radius 1 is 1.57 bits per heavy atom.